The minimum atomic E-state index is -1.22. The number of carbonyl (C=O) groups is 2. The molecule has 1 saturated carbocycles. The number of nitrogens with one attached hydrogen (secondary N) is 1. The minimum Gasteiger partial charge on any atom is -0.476 e. The Morgan fingerprint density at radius 3 is 2.67 bits per heavy atom. The predicted molar refractivity (Wildman–Crippen MR) is 142 cm³/mol. The average Bonchev–Trinajstić information content (AvgIpc) is 3.65. The lowest BCUT2D eigenvalue weighted by Crippen LogP contribution is -2.38. The number of hydrogen-bond acceptors (Lipinski definition) is 9. The van der Waals surface area contributed by atoms with E-state index in [1.165, 1.54) is 17.4 Å². The summed E-state index contributed by atoms with van der Waals surface area (Å²) in [5, 5.41) is 14.3. The molecule has 1 aliphatic carbocycles. The number of amidine groups is 1. The van der Waals surface area contributed by atoms with Gasteiger partial charge in [0, 0.05) is 29.3 Å². The zero-order chi connectivity index (χ0) is 28.4. The summed E-state index contributed by atoms with van der Waals surface area (Å²) < 4.78 is 39.2. The Morgan fingerprint density at radius 2 is 2.02 bits per heavy atom. The van der Waals surface area contributed by atoms with Crippen LogP contribution >= 0.6 is 22.9 Å². The maximum atomic E-state index is 14.6. The van der Waals surface area contributed by atoms with Crippen molar-refractivity contribution < 1.29 is 32.6 Å². The van der Waals surface area contributed by atoms with Gasteiger partial charge in [-0.2, -0.15) is 0 Å². The van der Waals surface area contributed by atoms with Gasteiger partial charge in [-0.05, 0) is 50.5 Å². The minimum absolute atomic E-state index is 0.105. The Morgan fingerprint density at radius 1 is 1.25 bits per heavy atom. The number of aromatic nitrogens is 2. The first kappa shape index (κ1) is 27.9. The Hall–Kier alpha value is -3.64. The van der Waals surface area contributed by atoms with Crippen LogP contribution < -0.4 is 5.32 Å². The number of allylic oxidation sites excluding steroid dienone is 1. The van der Waals surface area contributed by atoms with E-state index in [1.807, 2.05) is 0 Å². The molecule has 40 heavy (non-hydrogen) atoms. The maximum absolute atomic E-state index is 14.6. The second-order valence-corrected chi connectivity index (χ2v) is 10.8. The number of ether oxygens (including phenoxy) is 1. The SMILES string of the molecule is CCOC(=O)C1=C(C2CCC(Cc3nc(C(=O)O)co3)CC2)NC(c2nccs2)=NC1c1ccc(F)c(F)c1Cl. The Balaban J connectivity index is 1.48. The summed E-state index contributed by atoms with van der Waals surface area (Å²) in [6, 6.07) is 1.25. The third-order valence-corrected chi connectivity index (χ3v) is 8.22. The third-order valence-electron chi connectivity index (χ3n) is 7.05. The van der Waals surface area contributed by atoms with Crippen LogP contribution in [0.1, 0.15) is 65.6 Å². The Labute approximate surface area is 237 Å². The van der Waals surface area contributed by atoms with Gasteiger partial charge < -0.3 is 19.6 Å². The van der Waals surface area contributed by atoms with Crippen LogP contribution in [0.4, 0.5) is 8.78 Å². The highest BCUT2D eigenvalue weighted by atomic mass is 35.5. The van der Waals surface area contributed by atoms with Gasteiger partial charge in [-0.3, -0.25) is 4.99 Å². The van der Waals surface area contributed by atoms with Crippen LogP contribution in [0.5, 0.6) is 0 Å². The summed E-state index contributed by atoms with van der Waals surface area (Å²) in [5.74, 6) is -3.22. The molecule has 3 heterocycles. The molecule has 1 aliphatic heterocycles. The molecule has 0 radical (unpaired) electrons. The van der Waals surface area contributed by atoms with Gasteiger partial charge in [0.2, 0.25) is 0 Å². The number of nitrogens with zero attached hydrogens (tertiary/aromatic N) is 3. The molecule has 5 rings (SSSR count). The van der Waals surface area contributed by atoms with Gasteiger partial charge >= 0.3 is 11.9 Å². The zero-order valence-electron chi connectivity index (χ0n) is 21.3. The topological polar surface area (TPSA) is 127 Å². The molecule has 210 valence electrons. The Kier molecular flexibility index (Phi) is 8.27. The van der Waals surface area contributed by atoms with Gasteiger partial charge in [0.15, 0.2) is 34.1 Å². The molecule has 2 N–H and O–H groups in total. The van der Waals surface area contributed by atoms with E-state index in [2.05, 4.69) is 15.3 Å². The normalized spacial score (nSPS) is 21.1. The third kappa shape index (κ3) is 5.64. The highest BCUT2D eigenvalue weighted by Crippen LogP contribution is 2.43. The van der Waals surface area contributed by atoms with E-state index in [4.69, 9.17) is 30.9 Å². The van der Waals surface area contributed by atoms with Crippen molar-refractivity contribution in [1.82, 2.24) is 15.3 Å². The van der Waals surface area contributed by atoms with Crippen LogP contribution in [0.25, 0.3) is 0 Å². The summed E-state index contributed by atoms with van der Waals surface area (Å²) in [5.41, 5.74) is 0.795. The number of thiazole rings is 1. The number of benzene rings is 1. The first-order chi connectivity index (χ1) is 19.3. The number of esters is 1. The molecular formula is C27H25ClF2N4O5S. The van der Waals surface area contributed by atoms with Gasteiger partial charge in [0.1, 0.15) is 12.3 Å². The molecule has 2 aliphatic rings. The van der Waals surface area contributed by atoms with E-state index in [9.17, 15) is 18.4 Å². The van der Waals surface area contributed by atoms with E-state index in [0.29, 0.717) is 41.7 Å². The molecular weight excluding hydrogens is 566 g/mol. The second-order valence-electron chi connectivity index (χ2n) is 9.51. The number of halogens is 3. The molecule has 1 fully saturated rings. The van der Waals surface area contributed by atoms with Crippen LogP contribution in [-0.4, -0.2) is 39.5 Å². The molecule has 0 bridgehead atoms. The van der Waals surface area contributed by atoms with Gasteiger partial charge in [-0.15, -0.1) is 11.3 Å². The first-order valence-corrected chi connectivity index (χ1v) is 14.0. The summed E-state index contributed by atoms with van der Waals surface area (Å²) in [4.78, 5) is 37.6. The quantitative estimate of drug-likeness (QED) is 0.252. The van der Waals surface area contributed by atoms with Crippen molar-refractivity contribution in [2.24, 2.45) is 16.8 Å². The molecule has 13 heteroatoms. The van der Waals surface area contributed by atoms with E-state index in [0.717, 1.165) is 25.2 Å². The van der Waals surface area contributed by atoms with Gasteiger partial charge in [0.05, 0.1) is 17.2 Å². The van der Waals surface area contributed by atoms with Crippen LogP contribution in [-0.2, 0) is 16.0 Å². The molecule has 1 aromatic carbocycles. The van der Waals surface area contributed by atoms with Crippen LogP contribution in [0.15, 0.2) is 50.7 Å². The van der Waals surface area contributed by atoms with Crippen molar-refractivity contribution in [1.29, 1.82) is 0 Å². The highest BCUT2D eigenvalue weighted by Gasteiger charge is 2.38. The fraction of sp³-hybridized carbons (Fsp3) is 0.370. The molecule has 1 unspecified atom stereocenters. The molecule has 2 aromatic heterocycles. The number of aromatic carboxylic acids is 1. The largest absolute Gasteiger partial charge is 0.476 e. The molecule has 0 amide bonds. The summed E-state index contributed by atoms with van der Waals surface area (Å²) in [7, 11) is 0. The van der Waals surface area contributed by atoms with Gasteiger partial charge in [-0.25, -0.2) is 28.3 Å². The fourth-order valence-electron chi connectivity index (χ4n) is 5.15. The van der Waals surface area contributed by atoms with Crippen molar-refractivity contribution in [2.45, 2.75) is 45.1 Å². The molecule has 0 saturated heterocycles. The summed E-state index contributed by atoms with van der Waals surface area (Å²) in [6.45, 7) is 1.79. The molecule has 3 aromatic rings. The van der Waals surface area contributed by atoms with Crippen molar-refractivity contribution in [2.75, 3.05) is 6.61 Å². The lowest BCUT2D eigenvalue weighted by Gasteiger charge is -2.35. The van der Waals surface area contributed by atoms with Crippen LogP contribution in [0.2, 0.25) is 5.02 Å². The maximum Gasteiger partial charge on any atom is 0.357 e. The lowest BCUT2D eigenvalue weighted by atomic mass is 9.77. The summed E-state index contributed by atoms with van der Waals surface area (Å²) >= 11 is 7.60. The first-order valence-electron chi connectivity index (χ1n) is 12.7. The van der Waals surface area contributed by atoms with E-state index in [-0.39, 0.29) is 35.3 Å². The molecule has 1 atom stereocenters. The monoisotopic (exact) mass is 590 g/mol. The number of hydrogen-bond donors (Lipinski definition) is 2. The summed E-state index contributed by atoms with van der Waals surface area (Å²) in [6.07, 6.45) is 6.15. The smallest absolute Gasteiger partial charge is 0.357 e. The zero-order valence-corrected chi connectivity index (χ0v) is 22.9. The van der Waals surface area contributed by atoms with E-state index in [1.54, 1.807) is 18.5 Å². The number of rotatable bonds is 8. The number of carboxylic acids is 1. The predicted octanol–water partition coefficient (Wildman–Crippen LogP) is 5.72. The number of carbonyl (C=O) groups excluding carboxylic acids is 1. The van der Waals surface area contributed by atoms with E-state index >= 15 is 0 Å². The van der Waals surface area contributed by atoms with Crippen molar-refractivity contribution in [3.63, 3.8) is 0 Å². The van der Waals surface area contributed by atoms with E-state index < -0.39 is 34.6 Å². The standard InChI is InChI=1S/C27H25ClF2N4O5S/c1-2-38-27(37)19-22(14-5-3-13(4-6-14)11-18-32-17(12-39-18)26(35)36)33-24(25-31-9-10-40-25)34-23(19)15-7-8-16(29)21(30)20(15)28/h7-10,12-14,23H,2-6,11H2,1H3,(H,33,34)(H,35,36). The lowest BCUT2D eigenvalue weighted by molar-refractivity contribution is -0.139. The molecule has 0 spiro atoms. The Bertz CT molecular complexity index is 1480. The van der Waals surface area contributed by atoms with Crippen LogP contribution in [0, 0.1) is 23.5 Å². The average molecular weight is 591 g/mol. The molecule has 9 nitrogen and oxygen atoms in total. The van der Waals surface area contributed by atoms with Crippen molar-refractivity contribution in [3.05, 3.63) is 80.1 Å². The number of aliphatic imine (C=N–C) groups is 1. The van der Waals surface area contributed by atoms with Gasteiger partial charge in [-0.1, -0.05) is 17.7 Å². The number of oxazole rings is 1. The van der Waals surface area contributed by atoms with Crippen LogP contribution in [0.3, 0.4) is 0 Å². The van der Waals surface area contributed by atoms with Crippen molar-refractivity contribution >= 4 is 40.7 Å². The second kappa shape index (κ2) is 11.8. The van der Waals surface area contributed by atoms with Gasteiger partial charge in [0.25, 0.3) is 0 Å². The highest BCUT2D eigenvalue weighted by molar-refractivity contribution is 7.11. The number of carboxylic acid groups (broad SMARTS) is 1. The van der Waals surface area contributed by atoms with Crippen molar-refractivity contribution in [3.8, 4) is 0 Å². The fourth-order valence-corrected chi connectivity index (χ4v) is 6.00.